The number of nitrogens with zero attached hydrogens (tertiary/aromatic N) is 2. The number of amides is 1. The van der Waals surface area contributed by atoms with Crippen molar-refractivity contribution >= 4 is 11.9 Å². The number of carboxylic acid groups (broad SMARTS) is 1. The summed E-state index contributed by atoms with van der Waals surface area (Å²) in [6.07, 6.45) is 0.110. The van der Waals surface area contributed by atoms with E-state index < -0.39 is 12.0 Å². The monoisotopic (exact) mass is 269 g/mol. The highest BCUT2D eigenvalue weighted by atomic mass is 16.5. The first-order chi connectivity index (χ1) is 8.86. The normalized spacial score (nSPS) is 12.2. The van der Waals surface area contributed by atoms with Gasteiger partial charge >= 0.3 is 5.97 Å². The summed E-state index contributed by atoms with van der Waals surface area (Å²) < 4.78 is 6.45. The van der Waals surface area contributed by atoms with Gasteiger partial charge in [-0.3, -0.25) is 9.48 Å². The molecule has 2 N–H and O–H groups in total. The maximum absolute atomic E-state index is 11.8. The number of methoxy groups -OCH3 is 1. The number of aliphatic carboxylic acids is 1. The zero-order valence-corrected chi connectivity index (χ0v) is 11.6. The molecule has 1 aromatic rings. The smallest absolute Gasteiger partial charge is 0.328 e. The van der Waals surface area contributed by atoms with E-state index in [2.05, 4.69) is 10.4 Å². The Balaban J connectivity index is 2.71. The Morgan fingerprint density at radius 1 is 1.47 bits per heavy atom. The lowest BCUT2D eigenvalue weighted by molar-refractivity contribution is -0.143. The van der Waals surface area contributed by atoms with Crippen molar-refractivity contribution in [3.63, 3.8) is 0 Å². The highest BCUT2D eigenvalue weighted by molar-refractivity contribution is 5.85. The number of nitrogens with one attached hydrogen (secondary N) is 1. The molecule has 0 radical (unpaired) electrons. The van der Waals surface area contributed by atoms with Crippen LogP contribution in [0.25, 0.3) is 0 Å². The largest absolute Gasteiger partial charge is 0.480 e. The lowest BCUT2D eigenvalue weighted by atomic mass is 10.1. The fourth-order valence-corrected chi connectivity index (χ4v) is 1.82. The third-order valence-electron chi connectivity index (χ3n) is 2.96. The molecule has 1 heterocycles. The molecule has 1 atom stereocenters. The van der Waals surface area contributed by atoms with Crippen molar-refractivity contribution in [3.05, 3.63) is 17.0 Å². The summed E-state index contributed by atoms with van der Waals surface area (Å²) in [5.41, 5.74) is 2.49. The standard InChI is InChI=1S/C12H19N3O4/c1-7-9(8(2)15(3)14-7)5-11(16)13-10(6-19-4)12(17)18/h10H,5-6H2,1-4H3,(H,13,16)(H,17,18). The topological polar surface area (TPSA) is 93.5 Å². The van der Waals surface area contributed by atoms with Crippen LogP contribution in [0.5, 0.6) is 0 Å². The van der Waals surface area contributed by atoms with Gasteiger partial charge in [-0.05, 0) is 13.8 Å². The Kier molecular flexibility index (Phi) is 5.05. The first kappa shape index (κ1) is 15.2. The average Bonchev–Trinajstić information content (AvgIpc) is 2.55. The van der Waals surface area contributed by atoms with E-state index in [4.69, 9.17) is 9.84 Å². The summed E-state index contributed by atoms with van der Waals surface area (Å²) in [5, 5.41) is 15.6. The van der Waals surface area contributed by atoms with Gasteiger partial charge in [-0.2, -0.15) is 5.10 Å². The Hall–Kier alpha value is -1.89. The maximum Gasteiger partial charge on any atom is 0.328 e. The lowest BCUT2D eigenvalue weighted by Gasteiger charge is -2.13. The minimum atomic E-state index is -1.12. The SMILES string of the molecule is COCC(NC(=O)Cc1c(C)nn(C)c1C)C(=O)O. The zero-order valence-electron chi connectivity index (χ0n) is 11.6. The van der Waals surface area contributed by atoms with Crippen molar-refractivity contribution in [1.82, 2.24) is 15.1 Å². The number of carboxylic acids is 1. The summed E-state index contributed by atoms with van der Waals surface area (Å²) in [6, 6.07) is -1.03. The third-order valence-corrected chi connectivity index (χ3v) is 2.96. The minimum Gasteiger partial charge on any atom is -0.480 e. The van der Waals surface area contributed by atoms with Gasteiger partial charge in [0, 0.05) is 25.4 Å². The van der Waals surface area contributed by atoms with Gasteiger partial charge in [0.25, 0.3) is 0 Å². The summed E-state index contributed by atoms with van der Waals surface area (Å²) >= 11 is 0. The van der Waals surface area contributed by atoms with Crippen LogP contribution in [0.1, 0.15) is 17.0 Å². The molecule has 0 fully saturated rings. The molecule has 1 unspecified atom stereocenters. The lowest BCUT2D eigenvalue weighted by Crippen LogP contribution is -2.44. The minimum absolute atomic E-state index is 0.0634. The molecular weight excluding hydrogens is 250 g/mol. The van der Waals surface area contributed by atoms with Crippen LogP contribution in [0.4, 0.5) is 0 Å². The molecule has 0 saturated carbocycles. The highest BCUT2D eigenvalue weighted by Crippen LogP contribution is 2.12. The molecule has 0 saturated heterocycles. The van der Waals surface area contributed by atoms with Crippen molar-refractivity contribution in [1.29, 1.82) is 0 Å². The van der Waals surface area contributed by atoms with E-state index in [0.717, 1.165) is 17.0 Å². The zero-order chi connectivity index (χ0) is 14.6. The number of carbonyl (C=O) groups is 2. The van der Waals surface area contributed by atoms with E-state index >= 15 is 0 Å². The molecule has 0 aromatic carbocycles. The van der Waals surface area contributed by atoms with Gasteiger partial charge < -0.3 is 15.2 Å². The summed E-state index contributed by atoms with van der Waals surface area (Å²) in [4.78, 5) is 22.8. The summed E-state index contributed by atoms with van der Waals surface area (Å²) in [6.45, 7) is 3.62. The third kappa shape index (κ3) is 3.78. The Morgan fingerprint density at radius 2 is 2.11 bits per heavy atom. The second-order valence-corrected chi connectivity index (χ2v) is 4.36. The molecule has 0 aliphatic heterocycles. The van der Waals surface area contributed by atoms with Crippen LogP contribution in [0.2, 0.25) is 0 Å². The van der Waals surface area contributed by atoms with Crippen molar-refractivity contribution in [3.8, 4) is 0 Å². The number of aryl methyl sites for hydroxylation is 2. The molecular formula is C12H19N3O4. The molecule has 7 nitrogen and oxygen atoms in total. The van der Waals surface area contributed by atoms with Crippen LogP contribution in [0.15, 0.2) is 0 Å². The van der Waals surface area contributed by atoms with Gasteiger partial charge in [0.2, 0.25) is 5.91 Å². The van der Waals surface area contributed by atoms with E-state index in [1.165, 1.54) is 7.11 Å². The molecule has 1 aromatic heterocycles. The fraction of sp³-hybridized carbons (Fsp3) is 0.583. The van der Waals surface area contributed by atoms with Crippen LogP contribution in [-0.2, 0) is 27.8 Å². The van der Waals surface area contributed by atoms with Crippen molar-refractivity contribution in [2.75, 3.05) is 13.7 Å². The Bertz CT molecular complexity index is 482. The van der Waals surface area contributed by atoms with Gasteiger partial charge in [0.1, 0.15) is 0 Å². The molecule has 106 valence electrons. The van der Waals surface area contributed by atoms with E-state index in [-0.39, 0.29) is 18.9 Å². The van der Waals surface area contributed by atoms with Crippen LogP contribution in [0, 0.1) is 13.8 Å². The first-order valence-corrected chi connectivity index (χ1v) is 5.87. The Labute approximate surface area is 111 Å². The molecule has 19 heavy (non-hydrogen) atoms. The second-order valence-electron chi connectivity index (χ2n) is 4.36. The number of rotatable bonds is 6. The van der Waals surface area contributed by atoms with Crippen LogP contribution < -0.4 is 5.32 Å². The maximum atomic E-state index is 11.8. The van der Waals surface area contributed by atoms with Gasteiger partial charge in [0.15, 0.2) is 6.04 Å². The number of hydrogen-bond acceptors (Lipinski definition) is 4. The quantitative estimate of drug-likeness (QED) is 0.745. The van der Waals surface area contributed by atoms with Gasteiger partial charge in [-0.25, -0.2) is 4.79 Å². The van der Waals surface area contributed by atoms with Crippen molar-refractivity contribution in [2.45, 2.75) is 26.3 Å². The highest BCUT2D eigenvalue weighted by Gasteiger charge is 2.21. The molecule has 0 bridgehead atoms. The number of aromatic nitrogens is 2. The number of hydrogen-bond donors (Lipinski definition) is 2. The molecule has 1 amide bonds. The molecule has 0 aliphatic carbocycles. The van der Waals surface area contributed by atoms with Gasteiger partial charge in [-0.15, -0.1) is 0 Å². The van der Waals surface area contributed by atoms with E-state index in [0.29, 0.717) is 0 Å². The predicted molar refractivity (Wildman–Crippen MR) is 67.8 cm³/mol. The van der Waals surface area contributed by atoms with E-state index in [1.54, 1.807) is 11.7 Å². The molecule has 1 rings (SSSR count). The molecule has 0 spiro atoms. The van der Waals surface area contributed by atoms with Crippen LogP contribution >= 0.6 is 0 Å². The summed E-state index contributed by atoms with van der Waals surface area (Å²) in [5.74, 6) is -1.47. The number of carbonyl (C=O) groups excluding carboxylic acids is 1. The molecule has 7 heteroatoms. The van der Waals surface area contributed by atoms with Crippen LogP contribution in [-0.4, -0.2) is 46.5 Å². The van der Waals surface area contributed by atoms with E-state index in [1.807, 2.05) is 13.8 Å². The van der Waals surface area contributed by atoms with Gasteiger partial charge in [-0.1, -0.05) is 0 Å². The first-order valence-electron chi connectivity index (χ1n) is 5.87. The van der Waals surface area contributed by atoms with Crippen molar-refractivity contribution in [2.24, 2.45) is 7.05 Å². The number of ether oxygens (including phenoxy) is 1. The fourth-order valence-electron chi connectivity index (χ4n) is 1.82. The average molecular weight is 269 g/mol. The Morgan fingerprint density at radius 3 is 2.53 bits per heavy atom. The second kappa shape index (κ2) is 6.33. The van der Waals surface area contributed by atoms with Gasteiger partial charge in [0.05, 0.1) is 18.7 Å². The van der Waals surface area contributed by atoms with E-state index in [9.17, 15) is 9.59 Å². The molecule has 0 aliphatic rings. The predicted octanol–water partition coefficient (Wildman–Crippen LogP) is -0.205. The van der Waals surface area contributed by atoms with Crippen LogP contribution in [0.3, 0.4) is 0 Å². The summed E-state index contributed by atoms with van der Waals surface area (Å²) in [7, 11) is 3.19. The van der Waals surface area contributed by atoms with Crippen molar-refractivity contribution < 1.29 is 19.4 Å².